The van der Waals surface area contributed by atoms with Crippen LogP contribution in [-0.4, -0.2) is 4.57 Å². The number of thiophene rings is 2. The third-order valence-electron chi connectivity index (χ3n) is 12.5. The molecule has 0 amide bonds. The van der Waals surface area contributed by atoms with Gasteiger partial charge < -0.3 is 8.98 Å². The van der Waals surface area contributed by atoms with Crippen LogP contribution in [0.25, 0.3) is 123 Å². The van der Waals surface area contributed by atoms with Crippen LogP contribution in [0.4, 0.5) is 0 Å². The number of benzene rings is 9. The van der Waals surface area contributed by atoms with Gasteiger partial charge >= 0.3 is 0 Å². The summed E-state index contributed by atoms with van der Waals surface area (Å²) in [5, 5.41) is 32.7. The van der Waals surface area contributed by atoms with Crippen LogP contribution >= 0.6 is 22.7 Å². The molecule has 0 bridgehead atoms. The van der Waals surface area contributed by atoms with Crippen molar-refractivity contribution in [2.75, 3.05) is 0 Å². The van der Waals surface area contributed by atoms with Crippen LogP contribution in [0.15, 0.2) is 180 Å². The van der Waals surface area contributed by atoms with Gasteiger partial charge in [0.2, 0.25) is 0 Å². The second kappa shape index (κ2) is 13.3. The highest BCUT2D eigenvalue weighted by molar-refractivity contribution is 7.27. The van der Waals surface area contributed by atoms with Crippen LogP contribution in [0.3, 0.4) is 0 Å². The predicted octanol–water partition coefficient (Wildman–Crippen LogP) is 16.2. The summed E-state index contributed by atoms with van der Waals surface area (Å²) in [4.78, 5) is 0. The Morgan fingerprint density at radius 1 is 0.403 bits per heavy atom. The van der Waals surface area contributed by atoms with Crippen molar-refractivity contribution in [2.45, 2.75) is 0 Å². The van der Waals surface area contributed by atoms with Crippen molar-refractivity contribution in [3.63, 3.8) is 0 Å². The minimum Gasteiger partial charge on any atom is -0.455 e. The number of aromatic nitrogens is 1. The first-order valence-corrected chi connectivity index (χ1v) is 22.1. The lowest BCUT2D eigenvalue weighted by atomic mass is 9.81. The van der Waals surface area contributed by atoms with E-state index in [1.54, 1.807) is 22.7 Å². The Morgan fingerprint density at radius 3 is 1.50 bits per heavy atom. The maximum atomic E-state index is 12.1. The summed E-state index contributed by atoms with van der Waals surface area (Å²) in [6, 6.07) is 66.2. The van der Waals surface area contributed by atoms with Gasteiger partial charge in [0.25, 0.3) is 0 Å². The molecule has 0 fully saturated rings. The molecule has 0 spiro atoms. The summed E-state index contributed by atoms with van der Waals surface area (Å²) in [6.45, 7) is 0. The average Bonchev–Trinajstić information content (AvgIpc) is 4.10. The number of nitrogens with zero attached hydrogens (tertiary/aromatic N) is 3. The zero-order chi connectivity index (χ0) is 41.1. The highest BCUT2D eigenvalue weighted by Gasteiger charge is 2.32. The molecule has 9 aromatic carbocycles. The molecular weight excluding hydrogens is 795 g/mol. The van der Waals surface area contributed by atoms with Gasteiger partial charge in [-0.2, -0.15) is 10.5 Å². The molecule has 0 aliphatic heterocycles. The number of hydrogen-bond donors (Lipinski definition) is 0. The zero-order valence-electron chi connectivity index (χ0n) is 32.8. The molecule has 4 heterocycles. The molecule has 62 heavy (non-hydrogen) atoms. The molecule has 13 aromatic rings. The van der Waals surface area contributed by atoms with Gasteiger partial charge in [-0.3, -0.25) is 0 Å². The molecular formula is C56H29N3OS2. The molecule has 0 aliphatic carbocycles. The van der Waals surface area contributed by atoms with Crippen molar-refractivity contribution < 1.29 is 4.42 Å². The Hall–Kier alpha value is -8.00. The highest BCUT2D eigenvalue weighted by atomic mass is 32.1. The first-order chi connectivity index (χ1) is 30.7. The van der Waals surface area contributed by atoms with Crippen LogP contribution in [-0.2, 0) is 0 Å². The first kappa shape index (κ1) is 34.8. The predicted molar refractivity (Wildman–Crippen MR) is 260 cm³/mol. The standard InChI is InChI=1S/C56H29N3OS2/c57-30-43-48(32-14-3-1-4-15-32)50(42-22-13-21-39-34-18-7-10-23-45(34)60-54(39)42)44(31-58)51(49(43)33-16-5-2-6-17-33)59-52-37(26-28-40-35-19-8-11-24-46(35)61-55(40)52)38-27-29-41-36-20-9-12-25-47(36)62-56(41)53(38)59/h1-29H. The van der Waals surface area contributed by atoms with Crippen LogP contribution in [0.1, 0.15) is 11.1 Å². The van der Waals surface area contributed by atoms with E-state index in [4.69, 9.17) is 4.42 Å². The summed E-state index contributed by atoms with van der Waals surface area (Å²) in [5.41, 5.74) is 9.60. The topological polar surface area (TPSA) is 65.7 Å². The van der Waals surface area contributed by atoms with Crippen LogP contribution in [0, 0.1) is 22.7 Å². The number of fused-ring (bicyclic) bond motifs is 14. The Labute approximate surface area is 362 Å². The number of para-hydroxylation sites is 2. The van der Waals surface area contributed by atoms with E-state index < -0.39 is 0 Å². The van der Waals surface area contributed by atoms with E-state index in [0.717, 1.165) is 75.0 Å². The van der Waals surface area contributed by atoms with Crippen molar-refractivity contribution in [3.8, 4) is 51.2 Å². The van der Waals surface area contributed by atoms with Crippen molar-refractivity contribution in [1.29, 1.82) is 10.5 Å². The molecule has 286 valence electrons. The van der Waals surface area contributed by atoms with Gasteiger partial charge in [0.05, 0.1) is 37.2 Å². The molecule has 0 saturated carbocycles. The van der Waals surface area contributed by atoms with Crippen molar-refractivity contribution in [2.24, 2.45) is 0 Å². The zero-order valence-corrected chi connectivity index (χ0v) is 34.4. The summed E-state index contributed by atoms with van der Waals surface area (Å²) >= 11 is 3.55. The maximum absolute atomic E-state index is 12.1. The second-order valence-corrected chi connectivity index (χ2v) is 17.8. The fourth-order valence-corrected chi connectivity index (χ4v) is 12.4. The Kier molecular flexibility index (Phi) is 7.44. The van der Waals surface area contributed by atoms with E-state index in [9.17, 15) is 10.5 Å². The number of rotatable bonds is 4. The fourth-order valence-electron chi connectivity index (χ4n) is 9.94. The molecule has 0 N–H and O–H groups in total. The van der Waals surface area contributed by atoms with Gasteiger partial charge in [-0.25, -0.2) is 0 Å². The second-order valence-electron chi connectivity index (χ2n) is 15.7. The molecule has 4 aromatic heterocycles. The summed E-state index contributed by atoms with van der Waals surface area (Å²) in [7, 11) is 0. The Balaban J connectivity index is 1.34. The monoisotopic (exact) mass is 823 g/mol. The summed E-state index contributed by atoms with van der Waals surface area (Å²) in [5.74, 6) is 0. The quantitative estimate of drug-likeness (QED) is 0.178. The molecule has 0 atom stereocenters. The molecule has 0 aliphatic rings. The average molecular weight is 824 g/mol. The number of furan rings is 1. The third kappa shape index (κ3) is 4.74. The van der Waals surface area contributed by atoms with Gasteiger partial charge in [0, 0.05) is 74.7 Å². The molecule has 0 radical (unpaired) electrons. The largest absolute Gasteiger partial charge is 0.455 e. The third-order valence-corrected chi connectivity index (χ3v) is 14.9. The summed E-state index contributed by atoms with van der Waals surface area (Å²) < 4.78 is 13.8. The van der Waals surface area contributed by atoms with Gasteiger partial charge in [-0.15, -0.1) is 22.7 Å². The maximum Gasteiger partial charge on any atom is 0.143 e. The molecule has 6 heteroatoms. The molecule has 0 saturated heterocycles. The molecule has 0 unspecified atom stereocenters. The fraction of sp³-hybridized carbons (Fsp3) is 0. The SMILES string of the molecule is N#Cc1c(-c2ccccc2)c(-c2cccc3c2oc2ccccc23)c(C#N)c(-n2c3c(ccc4c5ccccc5sc43)c3ccc4c5ccccc5sc4c32)c1-c1ccccc1. The molecule has 13 rings (SSSR count). The number of hydrogen-bond acceptors (Lipinski definition) is 5. The minimum absolute atomic E-state index is 0.463. The van der Waals surface area contributed by atoms with Gasteiger partial charge in [-0.05, 0) is 29.3 Å². The van der Waals surface area contributed by atoms with Crippen LogP contribution in [0.5, 0.6) is 0 Å². The van der Waals surface area contributed by atoms with E-state index >= 15 is 0 Å². The van der Waals surface area contributed by atoms with Crippen molar-refractivity contribution in [3.05, 3.63) is 187 Å². The van der Waals surface area contributed by atoms with Crippen molar-refractivity contribution >= 4 is 107 Å². The Bertz CT molecular complexity index is 3990. The van der Waals surface area contributed by atoms with Crippen LogP contribution < -0.4 is 0 Å². The smallest absolute Gasteiger partial charge is 0.143 e. The molecule has 4 nitrogen and oxygen atoms in total. The van der Waals surface area contributed by atoms with E-state index in [1.165, 1.54) is 20.2 Å². The van der Waals surface area contributed by atoms with Gasteiger partial charge in [0.1, 0.15) is 23.3 Å². The lowest BCUT2D eigenvalue weighted by Gasteiger charge is -2.24. The minimum atomic E-state index is 0.463. The van der Waals surface area contributed by atoms with E-state index in [2.05, 4.69) is 114 Å². The van der Waals surface area contributed by atoms with Gasteiger partial charge in [0.15, 0.2) is 0 Å². The van der Waals surface area contributed by atoms with E-state index in [0.29, 0.717) is 39.1 Å². The highest BCUT2D eigenvalue weighted by Crippen LogP contribution is 2.53. The first-order valence-electron chi connectivity index (χ1n) is 20.5. The Morgan fingerprint density at radius 2 is 0.903 bits per heavy atom. The van der Waals surface area contributed by atoms with E-state index in [-0.39, 0.29) is 0 Å². The van der Waals surface area contributed by atoms with Crippen molar-refractivity contribution in [1.82, 2.24) is 4.57 Å². The van der Waals surface area contributed by atoms with E-state index in [1.807, 2.05) is 78.9 Å². The van der Waals surface area contributed by atoms with Crippen LogP contribution in [0.2, 0.25) is 0 Å². The lowest BCUT2D eigenvalue weighted by Crippen LogP contribution is -2.08. The number of nitriles is 2. The van der Waals surface area contributed by atoms with Gasteiger partial charge in [-0.1, -0.05) is 158 Å². The summed E-state index contributed by atoms with van der Waals surface area (Å²) in [6.07, 6.45) is 0. The normalized spacial score (nSPS) is 11.8. The lowest BCUT2D eigenvalue weighted by molar-refractivity contribution is 0.670.